The second-order valence-electron chi connectivity index (χ2n) is 3.65. The molecule has 2 rings (SSSR count). The number of nitrogens with zero attached hydrogens (tertiary/aromatic N) is 1. The highest BCUT2D eigenvalue weighted by atomic mass is 16.5. The molecule has 74 valence electrons. The molecule has 0 aliphatic heterocycles. The zero-order chi connectivity index (χ0) is 9.97. The van der Waals surface area contributed by atoms with Gasteiger partial charge in [0.25, 0.3) is 0 Å². The van der Waals surface area contributed by atoms with Crippen molar-refractivity contribution in [3.8, 4) is 0 Å². The summed E-state index contributed by atoms with van der Waals surface area (Å²) in [6, 6.07) is 3.82. The van der Waals surface area contributed by atoms with Crippen LogP contribution in [-0.2, 0) is 11.2 Å². The van der Waals surface area contributed by atoms with Gasteiger partial charge in [-0.15, -0.1) is 0 Å². The minimum absolute atomic E-state index is 0.332. The van der Waals surface area contributed by atoms with Crippen LogP contribution >= 0.6 is 0 Å². The van der Waals surface area contributed by atoms with Crippen LogP contribution in [0.3, 0.4) is 0 Å². The van der Waals surface area contributed by atoms with E-state index in [1.54, 1.807) is 6.20 Å². The van der Waals surface area contributed by atoms with Gasteiger partial charge >= 0.3 is 5.97 Å². The van der Waals surface area contributed by atoms with Gasteiger partial charge in [-0.1, -0.05) is 6.07 Å². The number of ether oxygens (including phenoxy) is 1. The Balaban J connectivity index is 2.22. The molecule has 1 aromatic heterocycles. The first-order chi connectivity index (χ1) is 6.81. The fourth-order valence-corrected chi connectivity index (χ4v) is 1.52. The zero-order valence-corrected chi connectivity index (χ0v) is 8.19. The predicted octanol–water partition coefficient (Wildman–Crippen LogP) is 1.82. The van der Waals surface area contributed by atoms with E-state index >= 15 is 0 Å². The van der Waals surface area contributed by atoms with Crippen molar-refractivity contribution in [2.45, 2.75) is 19.3 Å². The number of rotatable bonds is 3. The lowest BCUT2D eigenvalue weighted by Gasteiger charge is -2.04. The number of aromatic nitrogens is 1. The monoisotopic (exact) mass is 191 g/mol. The summed E-state index contributed by atoms with van der Waals surface area (Å²) in [6.45, 7) is 0. The van der Waals surface area contributed by atoms with Gasteiger partial charge in [0.15, 0.2) is 5.69 Å². The van der Waals surface area contributed by atoms with Crippen molar-refractivity contribution < 1.29 is 9.53 Å². The molecule has 0 atom stereocenters. The fraction of sp³-hybridized carbons (Fsp3) is 0.455. The summed E-state index contributed by atoms with van der Waals surface area (Å²) in [5.74, 6) is 0.420. The van der Waals surface area contributed by atoms with E-state index < -0.39 is 0 Å². The zero-order valence-electron chi connectivity index (χ0n) is 8.19. The standard InChI is InChI=1S/C11H13NO2/c1-14-11(13)10-9(3-2-6-12-10)7-8-4-5-8/h2-3,6,8H,4-5,7H2,1H3. The van der Waals surface area contributed by atoms with Crippen LogP contribution < -0.4 is 0 Å². The van der Waals surface area contributed by atoms with Gasteiger partial charge in [-0.2, -0.15) is 0 Å². The highest BCUT2D eigenvalue weighted by Gasteiger charge is 2.24. The van der Waals surface area contributed by atoms with Crippen LogP contribution in [0.1, 0.15) is 28.9 Å². The number of esters is 1. The Bertz CT molecular complexity index is 345. The maximum absolute atomic E-state index is 11.4. The van der Waals surface area contributed by atoms with Gasteiger partial charge in [-0.05, 0) is 36.8 Å². The van der Waals surface area contributed by atoms with Crippen LogP contribution in [0.2, 0.25) is 0 Å². The highest BCUT2D eigenvalue weighted by molar-refractivity contribution is 5.88. The third kappa shape index (κ3) is 1.92. The number of hydrogen-bond acceptors (Lipinski definition) is 3. The minimum atomic E-state index is -0.332. The van der Waals surface area contributed by atoms with Gasteiger partial charge in [0.1, 0.15) is 0 Å². The summed E-state index contributed by atoms with van der Waals surface area (Å²) < 4.78 is 4.68. The third-order valence-electron chi connectivity index (χ3n) is 2.48. The molecule has 0 unspecified atom stereocenters. The van der Waals surface area contributed by atoms with Crippen LogP contribution in [0.5, 0.6) is 0 Å². The van der Waals surface area contributed by atoms with Gasteiger partial charge in [-0.25, -0.2) is 9.78 Å². The highest BCUT2D eigenvalue weighted by Crippen LogP contribution is 2.33. The summed E-state index contributed by atoms with van der Waals surface area (Å²) in [7, 11) is 1.39. The Kier molecular flexibility index (Phi) is 2.48. The molecule has 1 saturated carbocycles. The molecule has 1 fully saturated rings. The molecule has 1 aromatic rings. The molecule has 0 bridgehead atoms. The van der Waals surface area contributed by atoms with Crippen molar-refractivity contribution in [2.75, 3.05) is 7.11 Å². The molecule has 0 amide bonds. The Morgan fingerprint density at radius 2 is 2.43 bits per heavy atom. The molecule has 0 radical (unpaired) electrons. The second kappa shape index (κ2) is 3.78. The average molecular weight is 191 g/mol. The smallest absolute Gasteiger partial charge is 0.356 e. The number of carbonyl (C=O) groups is 1. The van der Waals surface area contributed by atoms with Gasteiger partial charge in [0.2, 0.25) is 0 Å². The molecular formula is C11H13NO2. The molecular weight excluding hydrogens is 178 g/mol. The van der Waals surface area contributed by atoms with E-state index in [9.17, 15) is 4.79 Å². The van der Waals surface area contributed by atoms with Crippen molar-refractivity contribution >= 4 is 5.97 Å². The van der Waals surface area contributed by atoms with E-state index in [1.165, 1.54) is 20.0 Å². The van der Waals surface area contributed by atoms with E-state index in [-0.39, 0.29) is 5.97 Å². The number of pyridine rings is 1. The lowest BCUT2D eigenvalue weighted by molar-refractivity contribution is 0.0592. The maximum atomic E-state index is 11.4. The SMILES string of the molecule is COC(=O)c1ncccc1CC1CC1. The topological polar surface area (TPSA) is 39.2 Å². The predicted molar refractivity (Wildman–Crippen MR) is 52.0 cm³/mol. The molecule has 3 heteroatoms. The second-order valence-corrected chi connectivity index (χ2v) is 3.65. The Morgan fingerprint density at radius 1 is 1.64 bits per heavy atom. The molecule has 0 aromatic carbocycles. The largest absolute Gasteiger partial charge is 0.464 e. The normalized spacial score (nSPS) is 15.2. The molecule has 0 saturated heterocycles. The molecule has 1 heterocycles. The van der Waals surface area contributed by atoms with Crippen LogP contribution in [0.25, 0.3) is 0 Å². The fourth-order valence-electron chi connectivity index (χ4n) is 1.52. The van der Waals surface area contributed by atoms with Crippen molar-refractivity contribution in [1.82, 2.24) is 4.98 Å². The first-order valence-corrected chi connectivity index (χ1v) is 4.83. The minimum Gasteiger partial charge on any atom is -0.464 e. The Hall–Kier alpha value is -1.38. The van der Waals surface area contributed by atoms with Crippen molar-refractivity contribution in [2.24, 2.45) is 5.92 Å². The first kappa shape index (κ1) is 9.19. The van der Waals surface area contributed by atoms with E-state index in [1.807, 2.05) is 12.1 Å². The van der Waals surface area contributed by atoms with Crippen LogP contribution in [0.4, 0.5) is 0 Å². The first-order valence-electron chi connectivity index (χ1n) is 4.83. The van der Waals surface area contributed by atoms with E-state index in [0.717, 1.165) is 17.9 Å². The van der Waals surface area contributed by atoms with Crippen molar-refractivity contribution in [1.29, 1.82) is 0 Å². The van der Waals surface area contributed by atoms with Crippen molar-refractivity contribution in [3.63, 3.8) is 0 Å². The van der Waals surface area contributed by atoms with Gasteiger partial charge in [0.05, 0.1) is 7.11 Å². The average Bonchev–Trinajstić information content (AvgIpc) is 3.01. The van der Waals surface area contributed by atoms with Crippen LogP contribution in [0, 0.1) is 5.92 Å². The quantitative estimate of drug-likeness (QED) is 0.684. The Labute approximate surface area is 83.1 Å². The summed E-state index contributed by atoms with van der Waals surface area (Å²) >= 11 is 0. The Morgan fingerprint density at radius 3 is 3.07 bits per heavy atom. The number of methoxy groups -OCH3 is 1. The summed E-state index contributed by atoms with van der Waals surface area (Å²) in [4.78, 5) is 15.4. The third-order valence-corrected chi connectivity index (χ3v) is 2.48. The van der Waals surface area contributed by atoms with Crippen LogP contribution in [0.15, 0.2) is 18.3 Å². The van der Waals surface area contributed by atoms with Crippen LogP contribution in [-0.4, -0.2) is 18.1 Å². The molecule has 0 N–H and O–H groups in total. The number of hydrogen-bond donors (Lipinski definition) is 0. The maximum Gasteiger partial charge on any atom is 0.356 e. The molecule has 1 aliphatic carbocycles. The summed E-state index contributed by atoms with van der Waals surface area (Å²) in [6.07, 6.45) is 5.13. The lowest BCUT2D eigenvalue weighted by Crippen LogP contribution is -2.08. The molecule has 1 aliphatic rings. The summed E-state index contributed by atoms with van der Waals surface area (Å²) in [5.41, 5.74) is 1.49. The lowest BCUT2D eigenvalue weighted by atomic mass is 10.1. The molecule has 0 spiro atoms. The molecule has 3 nitrogen and oxygen atoms in total. The van der Waals surface area contributed by atoms with Gasteiger partial charge in [-0.3, -0.25) is 0 Å². The van der Waals surface area contributed by atoms with Crippen molar-refractivity contribution in [3.05, 3.63) is 29.6 Å². The molecule has 14 heavy (non-hydrogen) atoms. The van der Waals surface area contributed by atoms with E-state index in [0.29, 0.717) is 5.69 Å². The van der Waals surface area contributed by atoms with E-state index in [4.69, 9.17) is 0 Å². The number of carbonyl (C=O) groups excluding carboxylic acids is 1. The summed E-state index contributed by atoms with van der Waals surface area (Å²) in [5, 5.41) is 0. The van der Waals surface area contributed by atoms with E-state index in [2.05, 4.69) is 9.72 Å². The van der Waals surface area contributed by atoms with Gasteiger partial charge < -0.3 is 4.74 Å². The van der Waals surface area contributed by atoms with Gasteiger partial charge in [0, 0.05) is 6.20 Å².